The Balaban J connectivity index is 1.45. The van der Waals surface area contributed by atoms with Crippen molar-refractivity contribution in [3.63, 3.8) is 0 Å². The number of ether oxygens (including phenoxy) is 1. The van der Waals surface area contributed by atoms with Gasteiger partial charge < -0.3 is 10.1 Å². The maximum absolute atomic E-state index is 12.7. The Morgan fingerprint density at radius 3 is 2.45 bits per heavy atom. The highest BCUT2D eigenvalue weighted by molar-refractivity contribution is 5.78. The van der Waals surface area contributed by atoms with Gasteiger partial charge in [-0.2, -0.15) is 0 Å². The molecule has 0 fully saturated rings. The fourth-order valence-electron chi connectivity index (χ4n) is 3.76. The Hall–Kier alpha value is -3.11. The van der Waals surface area contributed by atoms with Gasteiger partial charge in [0.15, 0.2) is 0 Å². The molecule has 2 N–H and O–H groups in total. The summed E-state index contributed by atoms with van der Waals surface area (Å²) in [4.78, 5) is 12.7. The molecule has 4 heteroatoms. The van der Waals surface area contributed by atoms with E-state index in [-0.39, 0.29) is 24.5 Å². The predicted octanol–water partition coefficient (Wildman–Crippen LogP) is 4.31. The Morgan fingerprint density at radius 1 is 0.966 bits per heavy atom. The van der Waals surface area contributed by atoms with E-state index < -0.39 is 0 Å². The van der Waals surface area contributed by atoms with E-state index >= 15 is 0 Å². The molecule has 1 amide bonds. The molecule has 1 heterocycles. The summed E-state index contributed by atoms with van der Waals surface area (Å²) in [5, 5.41) is 6.60. The largest absolute Gasteiger partial charge is 0.493 e. The third-order valence-electron chi connectivity index (χ3n) is 5.30. The summed E-state index contributed by atoms with van der Waals surface area (Å²) in [6.45, 7) is 2.94. The van der Waals surface area contributed by atoms with Crippen molar-refractivity contribution in [2.24, 2.45) is 0 Å². The van der Waals surface area contributed by atoms with E-state index in [9.17, 15) is 4.79 Å². The number of fused-ring (bicyclic) bond motifs is 1. The monoisotopic (exact) mass is 386 g/mol. The lowest BCUT2D eigenvalue weighted by atomic mass is 9.97. The van der Waals surface area contributed by atoms with E-state index in [1.54, 1.807) is 0 Å². The highest BCUT2D eigenvalue weighted by Gasteiger charge is 2.23. The minimum absolute atomic E-state index is 0.0104. The van der Waals surface area contributed by atoms with Gasteiger partial charge in [0.2, 0.25) is 5.91 Å². The molecule has 0 aliphatic carbocycles. The molecule has 0 bridgehead atoms. The van der Waals surface area contributed by atoms with Crippen LogP contribution in [0.5, 0.6) is 5.75 Å². The predicted molar refractivity (Wildman–Crippen MR) is 115 cm³/mol. The van der Waals surface area contributed by atoms with Gasteiger partial charge in [-0.15, -0.1) is 0 Å². The van der Waals surface area contributed by atoms with E-state index in [2.05, 4.69) is 54.0 Å². The van der Waals surface area contributed by atoms with Crippen LogP contribution in [0.3, 0.4) is 0 Å². The molecular formula is C25H26N2O2. The first-order chi connectivity index (χ1) is 14.2. The van der Waals surface area contributed by atoms with Crippen LogP contribution in [0.4, 0.5) is 0 Å². The van der Waals surface area contributed by atoms with Crippen LogP contribution in [0, 0.1) is 6.92 Å². The summed E-state index contributed by atoms with van der Waals surface area (Å²) in [5.74, 6) is 0.846. The van der Waals surface area contributed by atoms with Gasteiger partial charge in [-0.1, -0.05) is 78.4 Å². The van der Waals surface area contributed by atoms with E-state index in [1.807, 2.05) is 42.5 Å². The molecule has 148 valence electrons. The van der Waals surface area contributed by atoms with E-state index in [0.717, 1.165) is 28.9 Å². The van der Waals surface area contributed by atoms with Crippen LogP contribution in [-0.2, 0) is 4.79 Å². The number of rotatable bonds is 6. The minimum atomic E-state index is -0.0375. The van der Waals surface area contributed by atoms with E-state index in [4.69, 9.17) is 4.74 Å². The molecule has 3 aromatic carbocycles. The first-order valence-corrected chi connectivity index (χ1v) is 10.1. The maximum atomic E-state index is 12.7. The van der Waals surface area contributed by atoms with Crippen molar-refractivity contribution in [3.8, 4) is 5.75 Å². The molecule has 2 atom stereocenters. The molecule has 1 aliphatic heterocycles. The first-order valence-electron chi connectivity index (χ1n) is 10.1. The van der Waals surface area contributed by atoms with Gasteiger partial charge in [0.05, 0.1) is 25.2 Å². The van der Waals surface area contributed by atoms with Gasteiger partial charge in [0.1, 0.15) is 5.75 Å². The quantitative estimate of drug-likeness (QED) is 0.664. The van der Waals surface area contributed by atoms with Crippen LogP contribution >= 0.6 is 0 Å². The fraction of sp³-hybridized carbons (Fsp3) is 0.240. The number of amides is 1. The second-order valence-corrected chi connectivity index (χ2v) is 7.43. The SMILES string of the molecule is Cc1ccc(C(NCC(=O)NC2CCOc3ccccc32)c2ccccc2)cc1. The van der Waals surface area contributed by atoms with Crippen molar-refractivity contribution < 1.29 is 9.53 Å². The zero-order chi connectivity index (χ0) is 20.1. The van der Waals surface area contributed by atoms with Crippen LogP contribution in [-0.4, -0.2) is 19.1 Å². The summed E-state index contributed by atoms with van der Waals surface area (Å²) in [7, 11) is 0. The van der Waals surface area contributed by atoms with Crippen LogP contribution in [0.25, 0.3) is 0 Å². The van der Waals surface area contributed by atoms with Gasteiger partial charge in [0, 0.05) is 12.0 Å². The summed E-state index contributed by atoms with van der Waals surface area (Å²) < 4.78 is 5.69. The standard InChI is InChI=1S/C25H26N2O2/c1-18-11-13-20(14-12-18)25(19-7-3-2-4-8-19)26-17-24(28)27-22-15-16-29-23-10-6-5-9-21(22)23/h2-14,22,25-26H,15-17H2,1H3,(H,27,28). The summed E-state index contributed by atoms with van der Waals surface area (Å²) >= 11 is 0. The second-order valence-electron chi connectivity index (χ2n) is 7.43. The van der Waals surface area contributed by atoms with E-state index in [1.165, 1.54) is 5.56 Å². The van der Waals surface area contributed by atoms with Crippen molar-refractivity contribution in [1.82, 2.24) is 10.6 Å². The average Bonchev–Trinajstić information content (AvgIpc) is 2.76. The third kappa shape index (κ3) is 4.66. The molecule has 4 nitrogen and oxygen atoms in total. The van der Waals surface area contributed by atoms with Crippen molar-refractivity contribution >= 4 is 5.91 Å². The number of carbonyl (C=O) groups excluding carboxylic acids is 1. The molecule has 29 heavy (non-hydrogen) atoms. The number of aryl methyl sites for hydroxylation is 1. The molecule has 4 rings (SSSR count). The van der Waals surface area contributed by atoms with Crippen molar-refractivity contribution in [2.75, 3.05) is 13.2 Å². The van der Waals surface area contributed by atoms with E-state index in [0.29, 0.717) is 6.61 Å². The zero-order valence-corrected chi connectivity index (χ0v) is 16.6. The van der Waals surface area contributed by atoms with Gasteiger partial charge in [-0.3, -0.25) is 10.1 Å². The topological polar surface area (TPSA) is 50.4 Å². The van der Waals surface area contributed by atoms with Crippen molar-refractivity contribution in [1.29, 1.82) is 0 Å². The lowest BCUT2D eigenvalue weighted by molar-refractivity contribution is -0.121. The van der Waals surface area contributed by atoms with Crippen LogP contribution < -0.4 is 15.4 Å². The third-order valence-corrected chi connectivity index (χ3v) is 5.30. The fourth-order valence-corrected chi connectivity index (χ4v) is 3.76. The molecular weight excluding hydrogens is 360 g/mol. The molecule has 0 saturated heterocycles. The summed E-state index contributed by atoms with van der Waals surface area (Å²) in [6.07, 6.45) is 0.781. The van der Waals surface area contributed by atoms with Gasteiger partial charge in [-0.25, -0.2) is 0 Å². The molecule has 0 spiro atoms. The van der Waals surface area contributed by atoms with Crippen LogP contribution in [0.2, 0.25) is 0 Å². The number of benzene rings is 3. The molecule has 3 aromatic rings. The molecule has 2 unspecified atom stereocenters. The Morgan fingerprint density at radius 2 is 1.66 bits per heavy atom. The maximum Gasteiger partial charge on any atom is 0.234 e. The molecule has 0 radical (unpaired) electrons. The molecule has 1 aliphatic rings. The molecule has 0 aromatic heterocycles. The highest BCUT2D eigenvalue weighted by Crippen LogP contribution is 2.31. The van der Waals surface area contributed by atoms with Gasteiger partial charge in [-0.05, 0) is 24.1 Å². The number of para-hydroxylation sites is 1. The highest BCUT2D eigenvalue weighted by atomic mass is 16.5. The zero-order valence-electron chi connectivity index (χ0n) is 16.6. The number of nitrogens with one attached hydrogen (secondary N) is 2. The summed E-state index contributed by atoms with van der Waals surface area (Å²) in [6, 6.07) is 26.5. The number of hydrogen-bond acceptors (Lipinski definition) is 3. The van der Waals surface area contributed by atoms with Crippen molar-refractivity contribution in [2.45, 2.75) is 25.4 Å². The molecule has 0 saturated carbocycles. The lowest BCUT2D eigenvalue weighted by Crippen LogP contribution is -2.39. The smallest absolute Gasteiger partial charge is 0.234 e. The normalized spacial score (nSPS) is 16.4. The first kappa shape index (κ1) is 19.2. The Bertz CT molecular complexity index is 954. The number of hydrogen-bond donors (Lipinski definition) is 2. The van der Waals surface area contributed by atoms with Gasteiger partial charge >= 0.3 is 0 Å². The van der Waals surface area contributed by atoms with Crippen molar-refractivity contribution in [3.05, 3.63) is 101 Å². The van der Waals surface area contributed by atoms with Gasteiger partial charge in [0.25, 0.3) is 0 Å². The Kier molecular flexibility index (Phi) is 5.92. The summed E-state index contributed by atoms with van der Waals surface area (Å²) in [5.41, 5.74) is 4.55. The Labute approximate surface area is 171 Å². The number of carbonyl (C=O) groups is 1. The second kappa shape index (κ2) is 8.93. The van der Waals surface area contributed by atoms with Crippen LogP contribution in [0.15, 0.2) is 78.9 Å². The van der Waals surface area contributed by atoms with Crippen LogP contribution in [0.1, 0.15) is 40.8 Å². The lowest BCUT2D eigenvalue weighted by Gasteiger charge is -2.27. The average molecular weight is 386 g/mol. The minimum Gasteiger partial charge on any atom is -0.493 e.